The first-order valence-corrected chi connectivity index (χ1v) is 9.92. The van der Waals surface area contributed by atoms with Crippen molar-refractivity contribution >= 4 is 33.4 Å². The van der Waals surface area contributed by atoms with E-state index in [1.807, 2.05) is 0 Å². The minimum absolute atomic E-state index is 0.00514. The molecule has 132 valence electrons. The summed E-state index contributed by atoms with van der Waals surface area (Å²) < 4.78 is 49.0. The Labute approximate surface area is 142 Å². The molecule has 0 spiro atoms. The summed E-state index contributed by atoms with van der Waals surface area (Å²) in [5.41, 5.74) is 4.34. The predicted molar refractivity (Wildman–Crippen MR) is 84.7 cm³/mol. The number of halogens is 2. The minimum Gasteiger partial charge on any atom is -0.273 e. The highest BCUT2D eigenvalue weighted by Gasteiger charge is 2.29. The van der Waals surface area contributed by atoms with Gasteiger partial charge >= 0.3 is 0 Å². The van der Waals surface area contributed by atoms with Crippen LogP contribution in [0.5, 0.6) is 0 Å². The van der Waals surface area contributed by atoms with Gasteiger partial charge in [0.15, 0.2) is 9.84 Å². The average Bonchev–Trinajstić information content (AvgIpc) is 2.85. The molecule has 1 saturated heterocycles. The summed E-state index contributed by atoms with van der Waals surface area (Å²) in [6.07, 6.45) is 0.434. The monoisotopic (exact) mass is 378 g/mol. The molecule has 2 rings (SSSR count). The lowest BCUT2D eigenvalue weighted by Gasteiger charge is -2.10. The Kier molecular flexibility index (Phi) is 6.16. The zero-order valence-electron chi connectivity index (χ0n) is 12.6. The molecule has 2 N–H and O–H groups in total. The Morgan fingerprint density at radius 3 is 2.58 bits per heavy atom. The number of hydrazine groups is 1. The number of carbonyl (C=O) groups excluding carboxylic acids is 2. The quantitative estimate of drug-likeness (QED) is 0.590. The maximum absolute atomic E-state index is 13.4. The van der Waals surface area contributed by atoms with Crippen LogP contribution < -0.4 is 10.9 Å². The molecular weight excluding hydrogens is 362 g/mol. The second-order valence-corrected chi connectivity index (χ2v) is 8.68. The van der Waals surface area contributed by atoms with Crippen LogP contribution >= 0.6 is 11.8 Å². The molecule has 0 saturated carbocycles. The maximum atomic E-state index is 13.4. The number of thioether (sulfide) groups is 1. The van der Waals surface area contributed by atoms with E-state index in [2.05, 4.69) is 10.9 Å². The van der Waals surface area contributed by atoms with Crippen LogP contribution in [0.2, 0.25) is 0 Å². The van der Waals surface area contributed by atoms with Crippen LogP contribution in [0.3, 0.4) is 0 Å². The molecule has 1 aromatic rings. The van der Waals surface area contributed by atoms with E-state index >= 15 is 0 Å². The van der Waals surface area contributed by atoms with E-state index in [0.29, 0.717) is 6.42 Å². The van der Waals surface area contributed by atoms with Gasteiger partial charge in [-0.05, 0) is 30.5 Å². The lowest BCUT2D eigenvalue weighted by Crippen LogP contribution is -2.43. The van der Waals surface area contributed by atoms with Crippen molar-refractivity contribution in [2.75, 3.05) is 17.3 Å². The summed E-state index contributed by atoms with van der Waals surface area (Å²) in [6.45, 7) is 0. The van der Waals surface area contributed by atoms with Gasteiger partial charge in [0.1, 0.15) is 11.6 Å². The topological polar surface area (TPSA) is 92.3 Å². The second kappa shape index (κ2) is 7.93. The number of nitrogens with one attached hydrogen (secondary N) is 2. The largest absolute Gasteiger partial charge is 0.273 e. The van der Waals surface area contributed by atoms with Gasteiger partial charge in [0.05, 0.1) is 17.3 Å². The number of amides is 2. The van der Waals surface area contributed by atoms with Gasteiger partial charge in [-0.1, -0.05) is 0 Å². The van der Waals surface area contributed by atoms with Crippen molar-refractivity contribution in [3.8, 4) is 0 Å². The van der Waals surface area contributed by atoms with Crippen LogP contribution in [0.4, 0.5) is 8.78 Å². The van der Waals surface area contributed by atoms with Crippen molar-refractivity contribution in [3.05, 3.63) is 29.8 Å². The summed E-state index contributed by atoms with van der Waals surface area (Å²) in [5, 5.41) is 0. The molecule has 2 amide bonds. The van der Waals surface area contributed by atoms with Crippen molar-refractivity contribution in [1.82, 2.24) is 10.9 Å². The summed E-state index contributed by atoms with van der Waals surface area (Å²) in [4.78, 5) is 23.2. The van der Waals surface area contributed by atoms with Crippen LogP contribution in [-0.2, 0) is 19.4 Å². The first-order chi connectivity index (χ1) is 11.2. The third-order valence-corrected chi connectivity index (χ3v) is 6.26. The highest BCUT2D eigenvalue weighted by molar-refractivity contribution is 8.00. The SMILES string of the molecule is O=C(CSc1cc(F)ccc1F)NNC(=O)C[C@@H]1CCS(=O)(=O)C1. The number of benzene rings is 1. The molecule has 1 aliphatic rings. The number of rotatable bonds is 5. The lowest BCUT2D eigenvalue weighted by atomic mass is 10.1. The van der Waals surface area contributed by atoms with Gasteiger partial charge in [-0.15, -0.1) is 11.8 Å². The average molecular weight is 378 g/mol. The minimum atomic E-state index is -3.06. The Morgan fingerprint density at radius 1 is 1.21 bits per heavy atom. The van der Waals surface area contributed by atoms with Crippen LogP contribution in [0.1, 0.15) is 12.8 Å². The number of hydrogen-bond acceptors (Lipinski definition) is 5. The molecule has 1 fully saturated rings. The Balaban J connectivity index is 1.71. The Morgan fingerprint density at radius 2 is 1.92 bits per heavy atom. The third kappa shape index (κ3) is 5.75. The predicted octanol–water partition coefficient (Wildman–Crippen LogP) is 1.03. The lowest BCUT2D eigenvalue weighted by molar-refractivity contribution is -0.128. The zero-order valence-corrected chi connectivity index (χ0v) is 14.2. The van der Waals surface area contributed by atoms with E-state index in [1.54, 1.807) is 0 Å². The van der Waals surface area contributed by atoms with E-state index < -0.39 is 33.3 Å². The van der Waals surface area contributed by atoms with Crippen LogP contribution in [0, 0.1) is 17.6 Å². The zero-order chi connectivity index (χ0) is 17.7. The second-order valence-electron chi connectivity index (χ2n) is 5.43. The molecule has 1 heterocycles. The molecule has 1 atom stereocenters. The van der Waals surface area contributed by atoms with E-state index in [1.165, 1.54) is 0 Å². The van der Waals surface area contributed by atoms with Gasteiger partial charge in [0, 0.05) is 11.3 Å². The standard InChI is InChI=1S/C14H16F2N2O4S2/c15-10-1-2-11(16)12(6-10)23-7-14(20)18-17-13(19)5-9-3-4-24(21,22)8-9/h1-2,6,9H,3-5,7-8H2,(H,17,19)(H,18,20)/t9-/m0/s1. The van der Waals surface area contributed by atoms with Gasteiger partial charge in [-0.3, -0.25) is 20.4 Å². The molecule has 0 bridgehead atoms. The maximum Gasteiger partial charge on any atom is 0.248 e. The summed E-state index contributed by atoms with van der Waals surface area (Å²) in [6, 6.07) is 2.92. The van der Waals surface area contributed by atoms with Crippen LogP contribution in [-0.4, -0.2) is 37.5 Å². The highest BCUT2D eigenvalue weighted by atomic mass is 32.2. The smallest absolute Gasteiger partial charge is 0.248 e. The summed E-state index contributed by atoms with van der Waals surface area (Å²) in [7, 11) is -3.06. The van der Waals surface area contributed by atoms with E-state index in [-0.39, 0.29) is 34.5 Å². The molecule has 6 nitrogen and oxygen atoms in total. The van der Waals surface area contributed by atoms with Crippen LogP contribution in [0.25, 0.3) is 0 Å². The highest BCUT2D eigenvalue weighted by Crippen LogP contribution is 2.22. The molecule has 24 heavy (non-hydrogen) atoms. The molecule has 0 aromatic heterocycles. The van der Waals surface area contributed by atoms with Gasteiger partial charge in [-0.25, -0.2) is 17.2 Å². The van der Waals surface area contributed by atoms with Gasteiger partial charge < -0.3 is 0 Å². The van der Waals surface area contributed by atoms with Gasteiger partial charge in [0.2, 0.25) is 11.8 Å². The van der Waals surface area contributed by atoms with Gasteiger partial charge in [0.25, 0.3) is 0 Å². The van der Waals surface area contributed by atoms with Crippen molar-refractivity contribution < 1.29 is 26.8 Å². The van der Waals surface area contributed by atoms with E-state index in [4.69, 9.17) is 0 Å². The molecular formula is C14H16F2N2O4S2. The molecule has 0 radical (unpaired) electrons. The molecule has 10 heteroatoms. The van der Waals surface area contributed by atoms with Crippen molar-refractivity contribution in [2.24, 2.45) is 5.92 Å². The molecule has 1 aliphatic heterocycles. The van der Waals surface area contributed by atoms with E-state index in [9.17, 15) is 26.8 Å². The fourth-order valence-electron chi connectivity index (χ4n) is 2.25. The number of hydrogen-bond donors (Lipinski definition) is 2. The van der Waals surface area contributed by atoms with Crippen molar-refractivity contribution in [2.45, 2.75) is 17.7 Å². The van der Waals surface area contributed by atoms with Crippen molar-refractivity contribution in [1.29, 1.82) is 0 Å². The fraction of sp³-hybridized carbons (Fsp3) is 0.429. The fourth-order valence-corrected chi connectivity index (χ4v) is 4.88. The van der Waals surface area contributed by atoms with Crippen molar-refractivity contribution in [3.63, 3.8) is 0 Å². The first kappa shape index (κ1) is 18.7. The third-order valence-electron chi connectivity index (χ3n) is 3.39. The summed E-state index contributed by atoms with van der Waals surface area (Å²) in [5.74, 6) is -2.74. The van der Waals surface area contributed by atoms with Crippen LogP contribution in [0.15, 0.2) is 23.1 Å². The molecule has 0 unspecified atom stereocenters. The summed E-state index contributed by atoms with van der Waals surface area (Å²) >= 11 is 0.796. The first-order valence-electron chi connectivity index (χ1n) is 7.11. The molecule has 0 aliphatic carbocycles. The number of carbonyl (C=O) groups is 2. The van der Waals surface area contributed by atoms with E-state index in [0.717, 1.165) is 30.0 Å². The Hall–Kier alpha value is -1.68. The normalized spacial score (nSPS) is 19.0. The number of sulfone groups is 1. The van der Waals surface area contributed by atoms with Gasteiger partial charge in [-0.2, -0.15) is 0 Å². The Bertz CT molecular complexity index is 740. The molecule has 1 aromatic carbocycles.